The zero-order chi connectivity index (χ0) is 21.8. The number of nitrogens with one attached hydrogen (secondary N) is 1. The van der Waals surface area contributed by atoms with Crippen molar-refractivity contribution in [2.45, 2.75) is 58.3 Å². The van der Waals surface area contributed by atoms with E-state index >= 15 is 0 Å². The van der Waals surface area contributed by atoms with Crippen LogP contribution in [0.5, 0.6) is 17.2 Å². The largest absolute Gasteiger partial charge is 0.490 e. The van der Waals surface area contributed by atoms with Gasteiger partial charge in [0, 0.05) is 30.5 Å². The highest BCUT2D eigenvalue weighted by Gasteiger charge is 2.31. The van der Waals surface area contributed by atoms with Gasteiger partial charge < -0.3 is 19.1 Å². The van der Waals surface area contributed by atoms with Gasteiger partial charge in [0.15, 0.2) is 17.3 Å². The molecule has 1 aromatic heterocycles. The first-order valence-electron chi connectivity index (χ1n) is 11.4. The lowest BCUT2D eigenvalue weighted by Gasteiger charge is -2.31. The summed E-state index contributed by atoms with van der Waals surface area (Å²) >= 11 is 0. The van der Waals surface area contributed by atoms with Crippen molar-refractivity contribution in [1.82, 2.24) is 20.1 Å². The Labute approximate surface area is 183 Å². The zero-order valence-corrected chi connectivity index (χ0v) is 18.6. The predicted octanol–water partition coefficient (Wildman–Crippen LogP) is 3.90. The number of amides is 1. The number of carbonyl (C=O) groups excluding carboxylic acids is 1. The molecule has 4 rings (SSSR count). The average Bonchev–Trinajstić information content (AvgIpc) is 3.52. The maximum atomic E-state index is 13.3. The van der Waals surface area contributed by atoms with Gasteiger partial charge in [-0.15, -0.1) is 0 Å². The summed E-state index contributed by atoms with van der Waals surface area (Å²) in [4.78, 5) is 19.9. The molecule has 0 spiro atoms. The maximum Gasteiger partial charge on any atom is 0.254 e. The van der Waals surface area contributed by atoms with Crippen LogP contribution in [0.15, 0.2) is 12.1 Å². The minimum atomic E-state index is -0.0142. The van der Waals surface area contributed by atoms with Crippen LogP contribution in [0.1, 0.15) is 80.3 Å². The van der Waals surface area contributed by atoms with E-state index in [0.29, 0.717) is 67.6 Å². The van der Waals surface area contributed by atoms with Crippen LogP contribution in [-0.2, 0) is 0 Å². The Balaban J connectivity index is 1.47. The summed E-state index contributed by atoms with van der Waals surface area (Å²) in [5.74, 6) is 4.42. The van der Waals surface area contributed by atoms with Gasteiger partial charge in [0.2, 0.25) is 5.75 Å². The third kappa shape index (κ3) is 4.78. The summed E-state index contributed by atoms with van der Waals surface area (Å²) in [7, 11) is 0. The fraction of sp³-hybridized carbons (Fsp3) is 0.609. The lowest BCUT2D eigenvalue weighted by Crippen LogP contribution is -2.38. The molecule has 0 unspecified atom stereocenters. The molecule has 1 aliphatic carbocycles. The second-order valence-corrected chi connectivity index (χ2v) is 8.02. The summed E-state index contributed by atoms with van der Waals surface area (Å²) in [5.41, 5.74) is 0.560. The van der Waals surface area contributed by atoms with Crippen LogP contribution in [0.2, 0.25) is 0 Å². The van der Waals surface area contributed by atoms with Crippen LogP contribution in [0.25, 0.3) is 0 Å². The molecule has 1 N–H and O–H groups in total. The normalized spacial score (nSPS) is 16.9. The Morgan fingerprint density at radius 2 is 1.58 bits per heavy atom. The van der Waals surface area contributed by atoms with Crippen LogP contribution in [-0.4, -0.2) is 58.9 Å². The summed E-state index contributed by atoms with van der Waals surface area (Å²) in [6.07, 6.45) is 4.14. The van der Waals surface area contributed by atoms with Crippen LogP contribution < -0.4 is 14.2 Å². The number of piperidine rings is 1. The molecule has 2 heterocycles. The van der Waals surface area contributed by atoms with E-state index in [1.807, 2.05) is 25.7 Å². The van der Waals surface area contributed by atoms with E-state index in [4.69, 9.17) is 19.2 Å². The van der Waals surface area contributed by atoms with Crippen molar-refractivity contribution >= 4 is 5.91 Å². The summed E-state index contributed by atoms with van der Waals surface area (Å²) in [6.45, 7) is 8.56. The molecule has 1 aliphatic heterocycles. The summed E-state index contributed by atoms with van der Waals surface area (Å²) in [6, 6.07) is 3.54. The number of benzene rings is 1. The van der Waals surface area contributed by atoms with Gasteiger partial charge in [0.1, 0.15) is 5.82 Å². The zero-order valence-electron chi connectivity index (χ0n) is 18.6. The number of aromatic nitrogens is 3. The summed E-state index contributed by atoms with van der Waals surface area (Å²) < 4.78 is 17.3. The van der Waals surface area contributed by atoms with E-state index in [9.17, 15) is 4.79 Å². The Hall–Kier alpha value is -2.77. The van der Waals surface area contributed by atoms with E-state index in [2.05, 4.69) is 10.2 Å². The van der Waals surface area contributed by atoms with E-state index in [0.717, 1.165) is 24.5 Å². The molecule has 2 aromatic rings. The molecule has 0 radical (unpaired) electrons. The molecule has 0 atom stereocenters. The highest BCUT2D eigenvalue weighted by Crippen LogP contribution is 2.40. The van der Waals surface area contributed by atoms with Crippen LogP contribution >= 0.6 is 0 Å². The van der Waals surface area contributed by atoms with Gasteiger partial charge in [0.25, 0.3) is 5.91 Å². The number of carbonyl (C=O) groups is 1. The number of rotatable bonds is 9. The molecule has 2 aliphatic rings. The highest BCUT2D eigenvalue weighted by atomic mass is 16.5. The first-order valence-corrected chi connectivity index (χ1v) is 11.4. The van der Waals surface area contributed by atoms with Crippen molar-refractivity contribution in [2.24, 2.45) is 0 Å². The van der Waals surface area contributed by atoms with Crippen molar-refractivity contribution in [3.05, 3.63) is 29.3 Å². The molecule has 8 heteroatoms. The van der Waals surface area contributed by atoms with Crippen LogP contribution in [0.3, 0.4) is 0 Å². The Morgan fingerprint density at radius 3 is 2.13 bits per heavy atom. The molecule has 1 saturated carbocycles. The van der Waals surface area contributed by atoms with Gasteiger partial charge >= 0.3 is 0 Å². The number of likely N-dealkylation sites (tertiary alicyclic amines) is 1. The minimum absolute atomic E-state index is 0.0142. The van der Waals surface area contributed by atoms with E-state index in [1.165, 1.54) is 12.8 Å². The molecular weight excluding hydrogens is 396 g/mol. The third-order valence-electron chi connectivity index (χ3n) is 5.79. The second kappa shape index (κ2) is 9.58. The number of aromatic amines is 1. The number of nitrogens with zero attached hydrogens (tertiary/aromatic N) is 3. The average molecular weight is 429 g/mol. The number of hydrogen-bond donors (Lipinski definition) is 1. The van der Waals surface area contributed by atoms with Crippen LogP contribution in [0, 0.1) is 0 Å². The molecule has 1 amide bonds. The first kappa shape index (κ1) is 21.5. The van der Waals surface area contributed by atoms with E-state index in [1.54, 1.807) is 12.1 Å². The predicted molar refractivity (Wildman–Crippen MR) is 116 cm³/mol. The van der Waals surface area contributed by atoms with Gasteiger partial charge in [-0.25, -0.2) is 4.98 Å². The molecule has 1 aromatic carbocycles. The van der Waals surface area contributed by atoms with Crippen LogP contribution in [0.4, 0.5) is 0 Å². The molecular formula is C23H32N4O4. The Bertz CT molecular complexity index is 874. The molecule has 0 bridgehead atoms. The third-order valence-corrected chi connectivity index (χ3v) is 5.79. The van der Waals surface area contributed by atoms with Crippen molar-refractivity contribution in [1.29, 1.82) is 0 Å². The SMILES string of the molecule is CCOc1cc(C(=O)N2CCC(c3nc(C4CC4)n[nH]3)CC2)cc(OCC)c1OCC. The second-order valence-electron chi connectivity index (χ2n) is 8.02. The fourth-order valence-corrected chi connectivity index (χ4v) is 4.05. The lowest BCUT2D eigenvalue weighted by molar-refractivity contribution is 0.0710. The van der Waals surface area contributed by atoms with Crippen molar-refractivity contribution in [3.8, 4) is 17.2 Å². The molecule has 8 nitrogen and oxygen atoms in total. The molecule has 1 saturated heterocycles. The smallest absolute Gasteiger partial charge is 0.254 e. The fourth-order valence-electron chi connectivity index (χ4n) is 4.05. The maximum absolute atomic E-state index is 13.3. The first-order chi connectivity index (χ1) is 15.1. The molecule has 31 heavy (non-hydrogen) atoms. The van der Waals surface area contributed by atoms with Gasteiger partial charge in [-0.3, -0.25) is 9.89 Å². The quantitative estimate of drug-likeness (QED) is 0.652. The highest BCUT2D eigenvalue weighted by molar-refractivity contribution is 5.95. The van der Waals surface area contributed by atoms with Crippen molar-refractivity contribution < 1.29 is 19.0 Å². The standard InChI is InChI=1S/C23H32N4O4/c1-4-29-18-13-17(14-19(30-5-2)20(18)31-6-3)23(28)27-11-9-16(10-12-27)22-24-21(25-26-22)15-7-8-15/h13-16H,4-12H2,1-3H3,(H,24,25,26). The van der Waals surface area contributed by atoms with Gasteiger partial charge in [-0.2, -0.15) is 5.10 Å². The lowest BCUT2D eigenvalue weighted by atomic mass is 9.95. The van der Waals surface area contributed by atoms with E-state index in [-0.39, 0.29) is 5.91 Å². The van der Waals surface area contributed by atoms with Crippen molar-refractivity contribution in [3.63, 3.8) is 0 Å². The monoisotopic (exact) mass is 428 g/mol. The Kier molecular flexibility index (Phi) is 6.63. The van der Waals surface area contributed by atoms with Crippen molar-refractivity contribution in [2.75, 3.05) is 32.9 Å². The molecule has 168 valence electrons. The Morgan fingerprint density at radius 1 is 0.968 bits per heavy atom. The van der Waals surface area contributed by atoms with Gasteiger partial charge in [0.05, 0.1) is 19.8 Å². The van der Waals surface area contributed by atoms with Gasteiger partial charge in [-0.05, 0) is 58.6 Å². The summed E-state index contributed by atoms with van der Waals surface area (Å²) in [5, 5.41) is 7.50. The topological polar surface area (TPSA) is 89.6 Å². The van der Waals surface area contributed by atoms with E-state index < -0.39 is 0 Å². The minimum Gasteiger partial charge on any atom is -0.490 e. The number of hydrogen-bond acceptors (Lipinski definition) is 6. The van der Waals surface area contributed by atoms with Gasteiger partial charge in [-0.1, -0.05) is 0 Å². The number of ether oxygens (including phenoxy) is 3. The molecule has 2 fully saturated rings. The number of H-pyrrole nitrogens is 1.